The maximum absolute atomic E-state index is 13.0. The highest BCUT2D eigenvalue weighted by Gasteiger charge is 2.47. The number of hydrogen-bond acceptors (Lipinski definition) is 3. The van der Waals surface area contributed by atoms with Crippen LogP contribution >= 0.6 is 0 Å². The van der Waals surface area contributed by atoms with Crippen LogP contribution in [0.2, 0.25) is 0 Å². The van der Waals surface area contributed by atoms with E-state index in [4.69, 9.17) is 0 Å². The number of rotatable bonds is 5. The van der Waals surface area contributed by atoms with Crippen molar-refractivity contribution < 1.29 is 13.5 Å². The Kier molecular flexibility index (Phi) is 4.83. The van der Waals surface area contributed by atoms with E-state index in [1.54, 1.807) is 24.3 Å². The highest BCUT2D eigenvalue weighted by molar-refractivity contribution is 7.89. The van der Waals surface area contributed by atoms with E-state index in [-0.39, 0.29) is 4.90 Å². The molecule has 0 spiro atoms. The van der Waals surface area contributed by atoms with Gasteiger partial charge >= 0.3 is 0 Å². The molecule has 5 heteroatoms. The van der Waals surface area contributed by atoms with Gasteiger partial charge in [0.25, 0.3) is 0 Å². The van der Waals surface area contributed by atoms with Crippen molar-refractivity contribution >= 4 is 10.0 Å². The monoisotopic (exact) mass is 393 g/mol. The summed E-state index contributed by atoms with van der Waals surface area (Å²) in [6, 6.07) is 23.4. The summed E-state index contributed by atoms with van der Waals surface area (Å²) in [5, 5.41) is 11.7. The van der Waals surface area contributed by atoms with Crippen molar-refractivity contribution in [1.29, 1.82) is 0 Å². The minimum atomic E-state index is -3.75. The zero-order valence-electron chi connectivity index (χ0n) is 15.7. The Bertz CT molecular complexity index is 1080. The summed E-state index contributed by atoms with van der Waals surface area (Å²) in [4.78, 5) is 0.205. The normalized spacial score (nSPS) is 21.4. The second-order valence-electron chi connectivity index (χ2n) is 7.43. The molecule has 0 bridgehead atoms. The van der Waals surface area contributed by atoms with Crippen LogP contribution in [0.1, 0.15) is 22.3 Å². The first-order valence-corrected chi connectivity index (χ1v) is 10.8. The summed E-state index contributed by atoms with van der Waals surface area (Å²) in [6.45, 7) is 1.91. The summed E-state index contributed by atoms with van der Waals surface area (Å²) in [6.07, 6.45) is 0.788. The number of fused-ring (bicyclic) bond motifs is 1. The van der Waals surface area contributed by atoms with Crippen LogP contribution in [-0.4, -0.2) is 19.6 Å². The van der Waals surface area contributed by atoms with Crippen molar-refractivity contribution in [1.82, 2.24) is 4.72 Å². The lowest BCUT2D eigenvalue weighted by molar-refractivity contribution is 0.0160. The third kappa shape index (κ3) is 3.49. The molecule has 0 saturated heterocycles. The lowest BCUT2D eigenvalue weighted by Crippen LogP contribution is -2.49. The lowest BCUT2D eigenvalue weighted by Gasteiger charge is -2.32. The van der Waals surface area contributed by atoms with Crippen molar-refractivity contribution in [2.75, 3.05) is 0 Å². The van der Waals surface area contributed by atoms with Gasteiger partial charge < -0.3 is 5.11 Å². The third-order valence-corrected chi connectivity index (χ3v) is 6.92. The van der Waals surface area contributed by atoms with E-state index in [1.165, 1.54) is 0 Å². The summed E-state index contributed by atoms with van der Waals surface area (Å²) >= 11 is 0. The fraction of sp³-hybridized carbons (Fsp3) is 0.217. The molecule has 0 heterocycles. The SMILES string of the molecule is Cc1ccc(S(=O)(=O)N[C@H]2Cc3ccccc3[C@@]2(O)Cc2ccccc2)cc1. The first-order valence-electron chi connectivity index (χ1n) is 9.32. The van der Waals surface area contributed by atoms with Crippen LogP contribution in [0.15, 0.2) is 83.8 Å². The molecule has 0 saturated carbocycles. The van der Waals surface area contributed by atoms with Crippen LogP contribution in [0.4, 0.5) is 0 Å². The van der Waals surface area contributed by atoms with E-state index in [9.17, 15) is 13.5 Å². The predicted octanol–water partition coefficient (Wildman–Crippen LogP) is 3.33. The Morgan fingerprint density at radius 2 is 1.61 bits per heavy atom. The second kappa shape index (κ2) is 7.17. The molecule has 1 aliphatic rings. The van der Waals surface area contributed by atoms with Gasteiger partial charge in [-0.15, -0.1) is 0 Å². The Hall–Kier alpha value is -2.47. The number of sulfonamides is 1. The van der Waals surface area contributed by atoms with Crippen LogP contribution in [0.3, 0.4) is 0 Å². The smallest absolute Gasteiger partial charge is 0.240 e. The quantitative estimate of drug-likeness (QED) is 0.699. The average molecular weight is 394 g/mol. The van der Waals surface area contributed by atoms with E-state index in [2.05, 4.69) is 4.72 Å². The summed E-state index contributed by atoms with van der Waals surface area (Å²) in [5.41, 5.74) is 2.40. The summed E-state index contributed by atoms with van der Waals surface area (Å²) < 4.78 is 28.7. The number of aryl methyl sites for hydroxylation is 1. The molecule has 2 N–H and O–H groups in total. The topological polar surface area (TPSA) is 66.4 Å². The maximum Gasteiger partial charge on any atom is 0.240 e. The molecule has 0 aliphatic heterocycles. The van der Waals surface area contributed by atoms with Crippen molar-refractivity contribution in [3.8, 4) is 0 Å². The molecule has 0 aromatic heterocycles. The molecule has 0 radical (unpaired) electrons. The van der Waals surface area contributed by atoms with Gasteiger partial charge in [0.15, 0.2) is 0 Å². The molecule has 2 atom stereocenters. The van der Waals surface area contributed by atoms with Gasteiger partial charge in [-0.05, 0) is 42.2 Å². The van der Waals surface area contributed by atoms with Crippen LogP contribution in [-0.2, 0) is 28.5 Å². The maximum atomic E-state index is 13.0. The minimum Gasteiger partial charge on any atom is -0.383 e. The number of aliphatic hydroxyl groups is 1. The average Bonchev–Trinajstić information content (AvgIpc) is 2.94. The second-order valence-corrected chi connectivity index (χ2v) is 9.15. The molecule has 3 aromatic rings. The molecule has 0 unspecified atom stereocenters. The minimum absolute atomic E-state index is 0.205. The number of nitrogens with one attached hydrogen (secondary N) is 1. The molecular formula is C23H23NO3S. The van der Waals surface area contributed by atoms with Crippen molar-refractivity contribution in [2.24, 2.45) is 0 Å². The largest absolute Gasteiger partial charge is 0.383 e. The van der Waals surface area contributed by atoms with Crippen LogP contribution in [0.25, 0.3) is 0 Å². The van der Waals surface area contributed by atoms with Gasteiger partial charge in [-0.3, -0.25) is 0 Å². The standard InChI is InChI=1S/C23H23NO3S/c1-17-11-13-20(14-12-17)28(26,27)24-22-15-19-9-5-6-10-21(19)23(22,25)16-18-7-3-2-4-8-18/h2-14,22,24-25H,15-16H2,1H3/t22-,23-/m0/s1. The van der Waals surface area contributed by atoms with Crippen molar-refractivity contribution in [3.05, 3.63) is 101 Å². The summed E-state index contributed by atoms with van der Waals surface area (Å²) in [5.74, 6) is 0. The number of benzene rings is 3. The van der Waals surface area contributed by atoms with Gasteiger partial charge in [-0.25, -0.2) is 13.1 Å². The molecule has 1 aliphatic carbocycles. The molecule has 4 nitrogen and oxygen atoms in total. The van der Waals surface area contributed by atoms with E-state index in [1.807, 2.05) is 61.5 Å². The van der Waals surface area contributed by atoms with Gasteiger partial charge in [-0.2, -0.15) is 0 Å². The Labute approximate surface area is 165 Å². The van der Waals surface area contributed by atoms with E-state index < -0.39 is 21.7 Å². The van der Waals surface area contributed by atoms with Crippen LogP contribution < -0.4 is 4.72 Å². The predicted molar refractivity (Wildman–Crippen MR) is 109 cm³/mol. The fourth-order valence-corrected chi connectivity index (χ4v) is 5.22. The Morgan fingerprint density at radius 3 is 2.32 bits per heavy atom. The Balaban J connectivity index is 1.70. The molecule has 4 rings (SSSR count). The van der Waals surface area contributed by atoms with E-state index in [0.29, 0.717) is 12.8 Å². The van der Waals surface area contributed by atoms with Gasteiger partial charge in [0.05, 0.1) is 10.9 Å². The van der Waals surface area contributed by atoms with Crippen molar-refractivity contribution in [2.45, 2.75) is 36.3 Å². The van der Waals surface area contributed by atoms with E-state index >= 15 is 0 Å². The highest BCUT2D eigenvalue weighted by atomic mass is 32.2. The summed E-state index contributed by atoms with van der Waals surface area (Å²) in [7, 11) is -3.75. The molecule has 0 amide bonds. The first-order chi connectivity index (χ1) is 13.4. The lowest BCUT2D eigenvalue weighted by atomic mass is 9.86. The van der Waals surface area contributed by atoms with Gasteiger partial charge in [0.1, 0.15) is 5.60 Å². The first kappa shape index (κ1) is 18.9. The number of hydrogen-bond donors (Lipinski definition) is 2. The zero-order valence-corrected chi connectivity index (χ0v) is 16.5. The molecule has 28 heavy (non-hydrogen) atoms. The van der Waals surface area contributed by atoms with Crippen LogP contribution in [0, 0.1) is 6.92 Å². The van der Waals surface area contributed by atoms with Gasteiger partial charge in [-0.1, -0.05) is 72.3 Å². The molecule has 144 valence electrons. The highest BCUT2D eigenvalue weighted by Crippen LogP contribution is 2.40. The zero-order chi connectivity index (χ0) is 19.8. The van der Waals surface area contributed by atoms with E-state index in [0.717, 1.165) is 22.3 Å². The Morgan fingerprint density at radius 1 is 0.964 bits per heavy atom. The molecular weight excluding hydrogens is 370 g/mol. The van der Waals surface area contributed by atoms with Gasteiger partial charge in [0.2, 0.25) is 10.0 Å². The third-order valence-electron chi connectivity index (χ3n) is 5.43. The fourth-order valence-electron chi connectivity index (χ4n) is 3.93. The van der Waals surface area contributed by atoms with Crippen molar-refractivity contribution in [3.63, 3.8) is 0 Å². The van der Waals surface area contributed by atoms with Gasteiger partial charge in [0, 0.05) is 6.42 Å². The van der Waals surface area contributed by atoms with Crippen LogP contribution in [0.5, 0.6) is 0 Å². The molecule has 3 aromatic carbocycles. The molecule has 0 fully saturated rings.